The van der Waals surface area contributed by atoms with Crippen LogP contribution in [-0.2, 0) is 10.3 Å². The standard InChI is InChI=1S/C12H14AsN5O4/c14-12-16-10-9(11(19)17-12)5-18(6-15-10)8-3-1-7(2-4-8)13(20,21)22/h1-4H,5-6H2,(H2,20,21,22)(H4,14,15,16,17,19). The molecular weight excluding hydrogens is 353 g/mol. The van der Waals surface area contributed by atoms with Gasteiger partial charge in [-0.05, 0) is 0 Å². The van der Waals surface area contributed by atoms with Gasteiger partial charge in [-0.3, -0.25) is 0 Å². The van der Waals surface area contributed by atoms with Crippen molar-refractivity contribution in [2.75, 3.05) is 22.6 Å². The van der Waals surface area contributed by atoms with E-state index in [-0.39, 0.29) is 15.9 Å². The van der Waals surface area contributed by atoms with Crippen molar-refractivity contribution >= 4 is 36.0 Å². The van der Waals surface area contributed by atoms with Gasteiger partial charge in [-0.1, -0.05) is 0 Å². The Kier molecular flexibility index (Phi) is 3.48. The molecule has 0 bridgehead atoms. The molecule has 0 spiro atoms. The second-order valence-electron chi connectivity index (χ2n) is 4.87. The number of fused-ring (bicyclic) bond motifs is 1. The number of nitrogens with two attached hydrogens (primary N) is 1. The van der Waals surface area contributed by atoms with E-state index in [4.69, 9.17) is 13.9 Å². The van der Waals surface area contributed by atoms with Gasteiger partial charge in [-0.25, -0.2) is 0 Å². The molecule has 0 amide bonds. The van der Waals surface area contributed by atoms with Crippen molar-refractivity contribution in [2.45, 2.75) is 6.54 Å². The number of benzene rings is 1. The quantitative estimate of drug-likeness (QED) is 0.395. The van der Waals surface area contributed by atoms with Crippen molar-refractivity contribution in [1.82, 2.24) is 9.97 Å². The summed E-state index contributed by atoms with van der Waals surface area (Å²) in [5, 5.41) is 3.00. The summed E-state index contributed by atoms with van der Waals surface area (Å²) in [6, 6.07) is 6.02. The van der Waals surface area contributed by atoms with E-state index in [1.54, 1.807) is 12.1 Å². The first kappa shape index (κ1) is 14.7. The third kappa shape index (κ3) is 2.73. The van der Waals surface area contributed by atoms with Crippen molar-refractivity contribution in [3.8, 4) is 0 Å². The number of nitrogens with one attached hydrogen (secondary N) is 2. The first-order chi connectivity index (χ1) is 10.3. The summed E-state index contributed by atoms with van der Waals surface area (Å²) in [5.74, 6) is 0.505. The molecule has 0 atom stereocenters. The molecule has 0 fully saturated rings. The van der Waals surface area contributed by atoms with Crippen LogP contribution in [0.2, 0.25) is 0 Å². The summed E-state index contributed by atoms with van der Waals surface area (Å²) < 4.78 is 29.6. The molecule has 0 aliphatic carbocycles. The molecule has 9 nitrogen and oxygen atoms in total. The molecule has 0 saturated carbocycles. The van der Waals surface area contributed by atoms with Crippen LogP contribution in [0.5, 0.6) is 0 Å². The first-order valence-electron chi connectivity index (χ1n) is 6.38. The number of aromatic amines is 1. The summed E-state index contributed by atoms with van der Waals surface area (Å²) in [5.41, 5.74) is 6.38. The Morgan fingerprint density at radius 3 is 2.59 bits per heavy atom. The van der Waals surface area contributed by atoms with Gasteiger partial charge in [0.1, 0.15) is 0 Å². The minimum absolute atomic E-state index is 0.0135. The maximum absolute atomic E-state index is 11.9. The molecule has 2 heterocycles. The van der Waals surface area contributed by atoms with Gasteiger partial charge in [0.25, 0.3) is 0 Å². The zero-order valence-electron chi connectivity index (χ0n) is 11.4. The summed E-state index contributed by atoms with van der Waals surface area (Å²) >= 11 is -4.88. The third-order valence-corrected chi connectivity index (χ3v) is 5.41. The van der Waals surface area contributed by atoms with Crippen molar-refractivity contribution in [3.63, 3.8) is 0 Å². The Labute approximate surface area is 127 Å². The molecule has 3 rings (SSSR count). The van der Waals surface area contributed by atoms with Crippen LogP contribution in [0.4, 0.5) is 17.5 Å². The Bertz CT molecular complexity index is 813. The van der Waals surface area contributed by atoms with Gasteiger partial charge in [0.05, 0.1) is 0 Å². The van der Waals surface area contributed by atoms with E-state index in [1.807, 2.05) is 4.90 Å². The van der Waals surface area contributed by atoms with Crippen molar-refractivity contribution in [2.24, 2.45) is 0 Å². The number of rotatable bonds is 2. The molecule has 1 aliphatic heterocycles. The molecule has 116 valence electrons. The fourth-order valence-electron chi connectivity index (χ4n) is 2.27. The summed E-state index contributed by atoms with van der Waals surface area (Å²) in [6.07, 6.45) is 0. The number of aromatic nitrogens is 2. The van der Waals surface area contributed by atoms with E-state index in [2.05, 4.69) is 15.3 Å². The van der Waals surface area contributed by atoms with Crippen LogP contribution in [0, 0.1) is 0 Å². The summed E-state index contributed by atoms with van der Waals surface area (Å²) in [4.78, 5) is 20.2. The Balaban J connectivity index is 1.89. The van der Waals surface area contributed by atoms with E-state index in [9.17, 15) is 8.53 Å². The SMILES string of the molecule is Nc1nc2c(c(=O)[nH]1)CN(c1ccc([As](=O)(O)O)cc1)CN2. The average Bonchev–Trinajstić information content (AvgIpc) is 2.46. The van der Waals surface area contributed by atoms with Crippen LogP contribution < -0.4 is 25.9 Å². The first-order valence-corrected chi connectivity index (χ1v) is 9.76. The summed E-state index contributed by atoms with van der Waals surface area (Å²) in [7, 11) is 0. The zero-order valence-corrected chi connectivity index (χ0v) is 13.2. The number of nitrogen functional groups attached to an aromatic ring is 1. The Hall–Kier alpha value is -2.22. The topological polar surface area (TPSA) is 145 Å². The fourth-order valence-corrected chi connectivity index (χ4v) is 3.39. The number of hydrogen-bond donors (Lipinski definition) is 5. The number of anilines is 3. The normalized spacial score (nSPS) is 14.4. The van der Waals surface area contributed by atoms with Crippen LogP contribution in [0.25, 0.3) is 0 Å². The van der Waals surface area contributed by atoms with E-state index in [0.29, 0.717) is 24.6 Å². The second kappa shape index (κ2) is 5.20. The zero-order chi connectivity index (χ0) is 15.9. The number of hydrogen-bond acceptors (Lipinski definition) is 6. The number of nitrogens with zero attached hydrogens (tertiary/aromatic N) is 2. The van der Waals surface area contributed by atoms with Crippen LogP contribution in [0.1, 0.15) is 5.56 Å². The molecule has 10 heteroatoms. The van der Waals surface area contributed by atoms with Gasteiger partial charge in [0.15, 0.2) is 0 Å². The van der Waals surface area contributed by atoms with Crippen molar-refractivity contribution in [3.05, 3.63) is 40.2 Å². The van der Waals surface area contributed by atoms with Crippen LogP contribution in [-0.4, -0.2) is 39.0 Å². The molecular formula is C12H14AsN5O4. The summed E-state index contributed by atoms with van der Waals surface area (Å²) in [6.45, 7) is 0.731. The van der Waals surface area contributed by atoms with Gasteiger partial charge < -0.3 is 0 Å². The molecule has 0 saturated heterocycles. The van der Waals surface area contributed by atoms with Gasteiger partial charge in [0.2, 0.25) is 0 Å². The molecule has 0 radical (unpaired) electrons. The molecule has 6 N–H and O–H groups in total. The molecule has 2 aromatic rings. The van der Waals surface area contributed by atoms with Gasteiger partial charge >= 0.3 is 127 Å². The van der Waals surface area contributed by atoms with Crippen molar-refractivity contribution < 1.29 is 11.9 Å². The predicted octanol–water partition coefficient (Wildman–Crippen LogP) is -1.70. The van der Waals surface area contributed by atoms with E-state index in [1.165, 1.54) is 12.1 Å². The molecule has 1 aliphatic rings. The third-order valence-electron chi connectivity index (χ3n) is 3.37. The van der Waals surface area contributed by atoms with E-state index < -0.39 is 14.2 Å². The van der Waals surface area contributed by atoms with Crippen LogP contribution >= 0.6 is 0 Å². The van der Waals surface area contributed by atoms with Gasteiger partial charge in [-0.2, -0.15) is 0 Å². The fraction of sp³-hybridized carbons (Fsp3) is 0.167. The second-order valence-corrected chi connectivity index (χ2v) is 8.24. The molecule has 0 unspecified atom stereocenters. The van der Waals surface area contributed by atoms with Gasteiger partial charge in [-0.15, -0.1) is 0 Å². The van der Waals surface area contributed by atoms with E-state index in [0.717, 1.165) is 5.69 Å². The maximum atomic E-state index is 11.9. The van der Waals surface area contributed by atoms with Crippen molar-refractivity contribution in [1.29, 1.82) is 0 Å². The Morgan fingerprint density at radius 1 is 1.27 bits per heavy atom. The molecule has 1 aromatic carbocycles. The van der Waals surface area contributed by atoms with Crippen LogP contribution in [0.3, 0.4) is 0 Å². The number of H-pyrrole nitrogens is 1. The minimum atomic E-state index is -4.88. The molecule has 1 aromatic heterocycles. The average molecular weight is 367 g/mol. The predicted molar refractivity (Wildman–Crippen MR) is 80.9 cm³/mol. The van der Waals surface area contributed by atoms with Crippen LogP contribution in [0.15, 0.2) is 29.1 Å². The van der Waals surface area contributed by atoms with E-state index >= 15 is 0 Å². The van der Waals surface area contributed by atoms with Gasteiger partial charge in [0, 0.05) is 0 Å². The Morgan fingerprint density at radius 2 is 1.95 bits per heavy atom. The monoisotopic (exact) mass is 367 g/mol. The molecule has 22 heavy (non-hydrogen) atoms.